The van der Waals surface area contributed by atoms with Gasteiger partial charge in [0.1, 0.15) is 11.6 Å². The summed E-state index contributed by atoms with van der Waals surface area (Å²) in [7, 11) is 0. The maximum Gasteiger partial charge on any atom is 0.298 e. The normalized spacial score (nSPS) is 11.2. The fraction of sp³-hybridized carbons (Fsp3) is 0.0500. The first-order chi connectivity index (χ1) is 12.6. The highest BCUT2D eigenvalue weighted by molar-refractivity contribution is 9.10. The summed E-state index contributed by atoms with van der Waals surface area (Å²) in [5, 5.41) is 10.3. The van der Waals surface area contributed by atoms with Crippen molar-refractivity contribution in [2.45, 2.75) is 6.61 Å². The average molecular weight is 414 g/mol. The van der Waals surface area contributed by atoms with Gasteiger partial charge in [-0.15, -0.1) is 0 Å². The lowest BCUT2D eigenvalue weighted by molar-refractivity contribution is 0.0938. The van der Waals surface area contributed by atoms with Crippen molar-refractivity contribution in [1.82, 2.24) is 4.57 Å². The number of fused-ring (bicyclic) bond motifs is 1. The van der Waals surface area contributed by atoms with Gasteiger partial charge in [-0.05, 0) is 52.3 Å². The summed E-state index contributed by atoms with van der Waals surface area (Å²) in [6, 6.07) is 14.9. The van der Waals surface area contributed by atoms with Crippen molar-refractivity contribution in [3.63, 3.8) is 0 Å². The highest BCUT2D eigenvalue weighted by atomic mass is 79.9. The second-order valence-corrected chi connectivity index (χ2v) is 6.65. The van der Waals surface area contributed by atoms with Gasteiger partial charge in [0.2, 0.25) is 0 Å². The van der Waals surface area contributed by atoms with Crippen molar-refractivity contribution in [1.29, 1.82) is 0 Å². The molecular formula is C20H13BrFNO3. The Morgan fingerprint density at radius 1 is 1.15 bits per heavy atom. The lowest BCUT2D eigenvalue weighted by atomic mass is 10.2. The van der Waals surface area contributed by atoms with Gasteiger partial charge in [0.15, 0.2) is 5.76 Å². The zero-order chi connectivity index (χ0) is 18.3. The van der Waals surface area contributed by atoms with Gasteiger partial charge in [-0.3, -0.25) is 9.36 Å². The molecule has 2 aromatic carbocycles. The molecule has 0 fully saturated rings. The molecule has 0 saturated heterocycles. The Morgan fingerprint density at radius 3 is 2.73 bits per heavy atom. The van der Waals surface area contributed by atoms with E-state index in [-0.39, 0.29) is 24.1 Å². The van der Waals surface area contributed by atoms with Crippen molar-refractivity contribution in [2.24, 2.45) is 0 Å². The first-order valence-electron chi connectivity index (χ1n) is 7.88. The van der Waals surface area contributed by atoms with Gasteiger partial charge in [-0.25, -0.2) is 4.39 Å². The van der Waals surface area contributed by atoms with E-state index in [2.05, 4.69) is 15.9 Å². The second-order valence-electron chi connectivity index (χ2n) is 5.79. The van der Waals surface area contributed by atoms with Gasteiger partial charge >= 0.3 is 0 Å². The van der Waals surface area contributed by atoms with Crippen LogP contribution in [0.2, 0.25) is 0 Å². The molecule has 1 N–H and O–H groups in total. The molecule has 4 rings (SSSR count). The number of para-hydroxylation sites is 1. The Labute approximate surface area is 156 Å². The van der Waals surface area contributed by atoms with Crippen LogP contribution in [-0.4, -0.2) is 15.6 Å². The van der Waals surface area contributed by atoms with Gasteiger partial charge in [-0.1, -0.05) is 18.2 Å². The first-order valence-corrected chi connectivity index (χ1v) is 8.67. The van der Waals surface area contributed by atoms with Crippen molar-refractivity contribution in [2.75, 3.05) is 0 Å². The van der Waals surface area contributed by atoms with E-state index in [4.69, 9.17) is 4.42 Å². The van der Waals surface area contributed by atoms with Crippen LogP contribution in [0.1, 0.15) is 16.1 Å². The Morgan fingerprint density at radius 2 is 1.96 bits per heavy atom. The number of carbonyl (C=O) groups excluding carboxylic acids is 1. The second kappa shape index (κ2) is 6.55. The summed E-state index contributed by atoms with van der Waals surface area (Å²) in [4.78, 5) is 12.9. The molecule has 0 atom stereocenters. The molecule has 26 heavy (non-hydrogen) atoms. The molecule has 2 aromatic heterocycles. The molecule has 0 aliphatic carbocycles. The molecule has 0 bridgehead atoms. The average Bonchev–Trinajstić information content (AvgIpc) is 3.26. The van der Waals surface area contributed by atoms with Crippen LogP contribution >= 0.6 is 15.9 Å². The van der Waals surface area contributed by atoms with Crippen LogP contribution in [0.15, 0.2) is 69.7 Å². The summed E-state index contributed by atoms with van der Waals surface area (Å²) < 4.78 is 21.0. The highest BCUT2D eigenvalue weighted by Crippen LogP contribution is 2.31. The molecule has 0 aliphatic heterocycles. The largest absolute Gasteiger partial charge is 0.451 e. The molecule has 0 radical (unpaired) electrons. The van der Waals surface area contributed by atoms with Gasteiger partial charge in [-0.2, -0.15) is 0 Å². The van der Waals surface area contributed by atoms with E-state index >= 15 is 0 Å². The molecule has 6 heteroatoms. The quantitative estimate of drug-likeness (QED) is 0.514. The van der Waals surface area contributed by atoms with Crippen LogP contribution in [0.4, 0.5) is 4.39 Å². The predicted molar refractivity (Wildman–Crippen MR) is 99.4 cm³/mol. The molecule has 0 spiro atoms. The van der Waals surface area contributed by atoms with E-state index in [1.165, 1.54) is 16.7 Å². The minimum absolute atomic E-state index is 0.154. The number of aliphatic hydroxyl groups is 1. The maximum atomic E-state index is 13.3. The van der Waals surface area contributed by atoms with Crippen LogP contribution in [-0.2, 0) is 6.61 Å². The smallest absolute Gasteiger partial charge is 0.298 e. The van der Waals surface area contributed by atoms with Crippen LogP contribution < -0.4 is 0 Å². The Kier molecular flexibility index (Phi) is 4.22. The van der Waals surface area contributed by atoms with Crippen molar-refractivity contribution in [3.8, 4) is 11.3 Å². The number of hydrogen-bond donors (Lipinski definition) is 1. The van der Waals surface area contributed by atoms with E-state index in [9.17, 15) is 14.3 Å². The summed E-state index contributed by atoms with van der Waals surface area (Å²) in [5.41, 5.74) is 2.02. The van der Waals surface area contributed by atoms with Crippen LogP contribution in [0.5, 0.6) is 0 Å². The zero-order valence-electron chi connectivity index (χ0n) is 13.4. The maximum absolute atomic E-state index is 13.3. The van der Waals surface area contributed by atoms with Crippen molar-refractivity contribution in [3.05, 3.63) is 82.4 Å². The molecule has 0 unspecified atom stereocenters. The number of halogens is 2. The number of benzene rings is 2. The summed E-state index contributed by atoms with van der Waals surface area (Å²) in [5.74, 6) is -0.0928. The fourth-order valence-corrected chi connectivity index (χ4v) is 3.50. The van der Waals surface area contributed by atoms with E-state index in [1.807, 2.05) is 24.3 Å². The highest BCUT2D eigenvalue weighted by Gasteiger charge is 2.19. The van der Waals surface area contributed by atoms with E-state index < -0.39 is 0 Å². The van der Waals surface area contributed by atoms with Crippen LogP contribution in [0.3, 0.4) is 0 Å². The summed E-state index contributed by atoms with van der Waals surface area (Å²) >= 11 is 3.30. The van der Waals surface area contributed by atoms with Gasteiger partial charge in [0.25, 0.3) is 5.91 Å². The number of carbonyl (C=O) groups is 1. The summed E-state index contributed by atoms with van der Waals surface area (Å²) in [6.45, 7) is -0.160. The van der Waals surface area contributed by atoms with E-state index in [1.54, 1.807) is 24.4 Å². The van der Waals surface area contributed by atoms with Gasteiger partial charge < -0.3 is 9.52 Å². The third-order valence-electron chi connectivity index (χ3n) is 4.20. The number of nitrogens with zero attached hydrogens (tertiary/aromatic N) is 1. The fourth-order valence-electron chi connectivity index (χ4n) is 2.95. The topological polar surface area (TPSA) is 55.4 Å². The number of furan rings is 1. The SMILES string of the molecule is O=C(c1ccc(-c2ccc(F)cc2Br)o1)n1cc(CO)c2ccccc21. The summed E-state index contributed by atoms with van der Waals surface area (Å²) in [6.07, 6.45) is 1.61. The van der Waals surface area contributed by atoms with E-state index in [0.29, 0.717) is 26.9 Å². The minimum atomic E-state index is -0.362. The van der Waals surface area contributed by atoms with Crippen molar-refractivity contribution >= 4 is 32.7 Å². The Balaban J connectivity index is 1.76. The van der Waals surface area contributed by atoms with E-state index in [0.717, 1.165) is 5.39 Å². The van der Waals surface area contributed by atoms with Gasteiger partial charge in [0.05, 0.1) is 12.1 Å². The molecule has 0 amide bonds. The molecule has 4 aromatic rings. The van der Waals surface area contributed by atoms with Crippen molar-refractivity contribution < 1.29 is 18.7 Å². The molecular weight excluding hydrogens is 401 g/mol. The number of hydrogen-bond acceptors (Lipinski definition) is 3. The lowest BCUT2D eigenvalue weighted by Crippen LogP contribution is -2.09. The molecule has 0 saturated carbocycles. The zero-order valence-corrected chi connectivity index (χ0v) is 15.0. The van der Waals surface area contributed by atoms with Crippen LogP contribution in [0, 0.1) is 5.82 Å². The molecule has 4 nitrogen and oxygen atoms in total. The minimum Gasteiger partial charge on any atom is -0.451 e. The standard InChI is InChI=1S/C20H13BrFNO3/c21-16-9-13(22)5-6-15(16)18-7-8-19(26-18)20(25)23-10-12(11-24)14-3-1-2-4-17(14)23/h1-10,24H,11H2. The molecule has 2 heterocycles. The number of aliphatic hydroxyl groups excluding tert-OH is 1. The molecule has 130 valence electrons. The third kappa shape index (κ3) is 2.77. The van der Waals surface area contributed by atoms with Gasteiger partial charge in [0, 0.05) is 27.2 Å². The number of rotatable bonds is 3. The first kappa shape index (κ1) is 16.8. The third-order valence-corrected chi connectivity index (χ3v) is 4.85. The predicted octanol–water partition coefficient (Wildman–Crippen LogP) is 4.98. The Bertz CT molecular complexity index is 1130. The van der Waals surface area contributed by atoms with Crippen LogP contribution in [0.25, 0.3) is 22.2 Å². The number of aromatic nitrogens is 1. The molecule has 0 aliphatic rings. The Hall–Kier alpha value is -2.70. The monoisotopic (exact) mass is 413 g/mol. The lowest BCUT2D eigenvalue weighted by Gasteiger charge is -2.03.